The molecule has 0 bridgehead atoms. The summed E-state index contributed by atoms with van der Waals surface area (Å²) in [6, 6.07) is 24.1. The Bertz CT molecular complexity index is 1060. The van der Waals surface area contributed by atoms with Gasteiger partial charge in [0.25, 0.3) is 0 Å². The summed E-state index contributed by atoms with van der Waals surface area (Å²) in [7, 11) is -1.81. The highest BCUT2D eigenvalue weighted by Crippen LogP contribution is 2.30. The summed E-state index contributed by atoms with van der Waals surface area (Å²) in [5.74, 6) is -0.453. The van der Waals surface area contributed by atoms with Gasteiger partial charge < -0.3 is 4.90 Å². The quantitative estimate of drug-likeness (QED) is 0.620. The maximum atomic E-state index is 12.7. The molecule has 4 nitrogen and oxygen atoms in total. The Morgan fingerprint density at radius 2 is 1.46 bits per heavy atom. The van der Waals surface area contributed by atoms with E-state index >= 15 is 0 Å². The molecule has 0 atom stereocenters. The van der Waals surface area contributed by atoms with Crippen LogP contribution in [0.5, 0.6) is 0 Å². The lowest BCUT2D eigenvalue weighted by Gasteiger charge is -2.21. The molecule has 28 heavy (non-hydrogen) atoms. The van der Waals surface area contributed by atoms with Gasteiger partial charge in [-0.15, -0.1) is 0 Å². The second kappa shape index (κ2) is 8.40. The molecule has 5 heteroatoms. The monoisotopic (exact) mass is 393 g/mol. The summed E-state index contributed by atoms with van der Waals surface area (Å²) in [5, 5.41) is 0. The predicted molar refractivity (Wildman–Crippen MR) is 113 cm³/mol. The lowest BCUT2D eigenvalue weighted by atomic mass is 10.0. The Hall–Kier alpha value is -2.92. The highest BCUT2D eigenvalue weighted by molar-refractivity contribution is 7.91. The summed E-state index contributed by atoms with van der Waals surface area (Å²) in [6.45, 7) is 1.90. The molecule has 0 unspecified atom stereocenters. The van der Waals surface area contributed by atoms with Gasteiger partial charge in [0, 0.05) is 19.0 Å². The van der Waals surface area contributed by atoms with Gasteiger partial charge in [-0.2, -0.15) is 0 Å². The number of amides is 1. The first-order chi connectivity index (χ1) is 13.4. The Labute approximate surface area is 166 Å². The summed E-state index contributed by atoms with van der Waals surface area (Å²) in [4.78, 5) is 14.5. The third-order valence-electron chi connectivity index (χ3n) is 4.69. The zero-order valence-electron chi connectivity index (χ0n) is 16.0. The van der Waals surface area contributed by atoms with Crippen molar-refractivity contribution in [1.29, 1.82) is 0 Å². The summed E-state index contributed by atoms with van der Waals surface area (Å²) >= 11 is 0. The van der Waals surface area contributed by atoms with Gasteiger partial charge in [0.15, 0.2) is 9.84 Å². The lowest BCUT2D eigenvalue weighted by molar-refractivity contribution is -0.117. The van der Waals surface area contributed by atoms with E-state index in [0.717, 1.165) is 22.4 Å². The van der Waals surface area contributed by atoms with E-state index in [1.807, 2.05) is 61.5 Å². The van der Waals surface area contributed by atoms with Crippen molar-refractivity contribution >= 4 is 21.4 Å². The van der Waals surface area contributed by atoms with E-state index in [4.69, 9.17) is 0 Å². The molecule has 3 aromatic rings. The second-order valence-electron chi connectivity index (χ2n) is 6.72. The van der Waals surface area contributed by atoms with Crippen LogP contribution in [0.15, 0.2) is 83.8 Å². The van der Waals surface area contributed by atoms with Crippen molar-refractivity contribution in [1.82, 2.24) is 0 Å². The number of nitrogens with zero attached hydrogens (tertiary/aromatic N) is 1. The molecule has 0 spiro atoms. The first-order valence-corrected chi connectivity index (χ1v) is 10.7. The van der Waals surface area contributed by atoms with Crippen molar-refractivity contribution < 1.29 is 13.2 Å². The number of carbonyl (C=O) groups excluding carboxylic acids is 1. The molecule has 3 aromatic carbocycles. The fourth-order valence-corrected chi connectivity index (χ4v) is 4.24. The van der Waals surface area contributed by atoms with Crippen LogP contribution in [0.3, 0.4) is 0 Å². The zero-order chi connectivity index (χ0) is 20.1. The smallest absolute Gasteiger partial charge is 0.227 e. The van der Waals surface area contributed by atoms with Gasteiger partial charge in [0.05, 0.1) is 16.3 Å². The molecule has 144 valence electrons. The Morgan fingerprint density at radius 1 is 0.857 bits per heavy atom. The molecule has 0 aliphatic heterocycles. The van der Waals surface area contributed by atoms with Gasteiger partial charge >= 0.3 is 0 Å². The van der Waals surface area contributed by atoms with Crippen molar-refractivity contribution in [3.05, 3.63) is 84.4 Å². The molecule has 0 saturated carbocycles. The van der Waals surface area contributed by atoms with E-state index < -0.39 is 9.84 Å². The summed E-state index contributed by atoms with van der Waals surface area (Å²) in [5.41, 5.74) is 3.68. The first-order valence-electron chi connectivity index (χ1n) is 9.09. The molecule has 0 N–H and O–H groups in total. The van der Waals surface area contributed by atoms with Crippen molar-refractivity contribution in [2.75, 3.05) is 17.7 Å². The molecule has 1 amide bonds. The Balaban J connectivity index is 1.76. The van der Waals surface area contributed by atoms with Crippen LogP contribution in [0.1, 0.15) is 12.0 Å². The van der Waals surface area contributed by atoms with Crippen LogP contribution in [0.4, 0.5) is 5.69 Å². The van der Waals surface area contributed by atoms with E-state index in [9.17, 15) is 13.2 Å². The Kier molecular flexibility index (Phi) is 5.95. The van der Waals surface area contributed by atoms with Crippen LogP contribution in [0, 0.1) is 6.92 Å². The number of para-hydroxylation sites is 1. The molecule has 0 aliphatic rings. The molecule has 0 radical (unpaired) electrons. The van der Waals surface area contributed by atoms with Crippen LogP contribution < -0.4 is 4.90 Å². The van der Waals surface area contributed by atoms with Gasteiger partial charge in [-0.25, -0.2) is 8.42 Å². The zero-order valence-corrected chi connectivity index (χ0v) is 16.8. The minimum atomic E-state index is -3.50. The summed E-state index contributed by atoms with van der Waals surface area (Å²) in [6.07, 6.45) is -0.0736. The fraction of sp³-hybridized carbons (Fsp3) is 0.174. The SMILES string of the molecule is Cc1ccc(S(=O)(=O)CCC(=O)N(C)c2ccccc2-c2ccccc2)cc1. The third-order valence-corrected chi connectivity index (χ3v) is 6.42. The van der Waals surface area contributed by atoms with E-state index in [1.165, 1.54) is 4.90 Å². The van der Waals surface area contributed by atoms with Gasteiger partial charge in [-0.1, -0.05) is 66.2 Å². The number of carbonyl (C=O) groups is 1. The van der Waals surface area contributed by atoms with Crippen LogP contribution in [-0.2, 0) is 14.6 Å². The minimum absolute atomic E-state index is 0.0736. The molecule has 0 fully saturated rings. The number of hydrogen-bond acceptors (Lipinski definition) is 3. The molecule has 0 aromatic heterocycles. The van der Waals surface area contributed by atoms with Gasteiger partial charge in [-0.3, -0.25) is 4.79 Å². The van der Waals surface area contributed by atoms with Gasteiger partial charge in [-0.05, 0) is 30.7 Å². The van der Waals surface area contributed by atoms with Crippen molar-refractivity contribution in [2.45, 2.75) is 18.2 Å². The van der Waals surface area contributed by atoms with Crippen LogP contribution in [0.25, 0.3) is 11.1 Å². The molecule has 0 heterocycles. The van der Waals surface area contributed by atoms with Crippen molar-refractivity contribution in [2.24, 2.45) is 0 Å². The lowest BCUT2D eigenvalue weighted by Crippen LogP contribution is -2.28. The molecule has 0 aliphatic carbocycles. The fourth-order valence-electron chi connectivity index (χ4n) is 3.02. The maximum Gasteiger partial charge on any atom is 0.227 e. The first kappa shape index (κ1) is 19.8. The number of rotatable bonds is 6. The topological polar surface area (TPSA) is 54.5 Å². The molecule has 3 rings (SSSR count). The van der Waals surface area contributed by atoms with Crippen molar-refractivity contribution in [3.8, 4) is 11.1 Å². The predicted octanol–water partition coefficient (Wildman–Crippen LogP) is 4.49. The Morgan fingerprint density at radius 3 is 2.14 bits per heavy atom. The van der Waals surface area contributed by atoms with Gasteiger partial charge in [0.1, 0.15) is 0 Å². The molecular weight excluding hydrogens is 370 g/mol. The number of anilines is 1. The molecule has 0 saturated heterocycles. The van der Waals surface area contributed by atoms with Gasteiger partial charge in [0.2, 0.25) is 5.91 Å². The molecular formula is C23H23NO3S. The average Bonchev–Trinajstić information content (AvgIpc) is 2.72. The highest BCUT2D eigenvalue weighted by Gasteiger charge is 2.20. The van der Waals surface area contributed by atoms with Crippen molar-refractivity contribution in [3.63, 3.8) is 0 Å². The van der Waals surface area contributed by atoms with Crippen LogP contribution in [-0.4, -0.2) is 27.1 Å². The standard InChI is InChI=1S/C23H23NO3S/c1-18-12-14-20(15-13-18)28(26,27)17-16-23(25)24(2)22-11-7-6-10-21(22)19-8-4-3-5-9-19/h3-15H,16-17H2,1-2H3. The van der Waals surface area contributed by atoms with E-state index in [2.05, 4.69) is 0 Å². The largest absolute Gasteiger partial charge is 0.315 e. The van der Waals surface area contributed by atoms with E-state index in [1.54, 1.807) is 31.3 Å². The maximum absolute atomic E-state index is 12.7. The van der Waals surface area contributed by atoms with E-state index in [0.29, 0.717) is 0 Å². The number of hydrogen-bond donors (Lipinski definition) is 0. The second-order valence-corrected chi connectivity index (χ2v) is 8.83. The summed E-state index contributed by atoms with van der Waals surface area (Å²) < 4.78 is 25.0. The van der Waals surface area contributed by atoms with Crippen LogP contribution in [0.2, 0.25) is 0 Å². The van der Waals surface area contributed by atoms with Crippen LogP contribution >= 0.6 is 0 Å². The van der Waals surface area contributed by atoms with E-state index in [-0.39, 0.29) is 23.0 Å². The average molecular weight is 394 g/mol. The number of sulfone groups is 1. The minimum Gasteiger partial charge on any atom is -0.315 e. The number of benzene rings is 3. The third kappa shape index (κ3) is 4.49. The number of aryl methyl sites for hydroxylation is 1. The normalized spacial score (nSPS) is 11.2. The highest BCUT2D eigenvalue weighted by atomic mass is 32.2.